The normalized spacial score (nSPS) is 10.8. The molecule has 1 aromatic rings. The summed E-state index contributed by atoms with van der Waals surface area (Å²) in [7, 11) is 0. The average Bonchev–Trinajstić information content (AvgIpc) is 2.37. The van der Waals surface area contributed by atoms with Crippen LogP contribution in [0.2, 0.25) is 0 Å². The fourth-order valence-electron chi connectivity index (χ4n) is 1.82. The molecule has 1 rings (SSSR count). The molecule has 4 nitrogen and oxygen atoms in total. The monoisotopic (exact) mass is 262 g/mol. The highest BCUT2D eigenvalue weighted by molar-refractivity contribution is 5.33. The molecule has 0 unspecified atom stereocenters. The molecule has 0 saturated heterocycles. The van der Waals surface area contributed by atoms with Gasteiger partial charge >= 0.3 is 0 Å². The fourth-order valence-corrected chi connectivity index (χ4v) is 1.82. The molecule has 4 heteroatoms. The molecule has 1 N–H and O–H groups in total. The van der Waals surface area contributed by atoms with E-state index in [1.807, 2.05) is 19.2 Å². The van der Waals surface area contributed by atoms with Gasteiger partial charge in [0.2, 0.25) is 5.95 Å². The number of anilines is 1. The van der Waals surface area contributed by atoms with Gasteiger partial charge in [0.15, 0.2) is 0 Å². The molecule has 0 radical (unpaired) electrons. The van der Waals surface area contributed by atoms with Crippen LogP contribution in [0.15, 0.2) is 18.9 Å². The van der Waals surface area contributed by atoms with Gasteiger partial charge in [-0.1, -0.05) is 26.8 Å². The minimum atomic E-state index is 0.469. The standard InChI is InChI=1S/C15H26N4/c1-6-8-19(9-7-2)15-17-11-14(13(5)18-15)10-16-12(3)4/h6,11-12,16H,1,7-10H2,2-5H3. The van der Waals surface area contributed by atoms with Crippen molar-refractivity contribution in [2.75, 3.05) is 18.0 Å². The molecule has 106 valence electrons. The van der Waals surface area contributed by atoms with E-state index in [-0.39, 0.29) is 0 Å². The highest BCUT2D eigenvalue weighted by atomic mass is 15.2. The Labute approximate surface area is 117 Å². The minimum absolute atomic E-state index is 0.469. The van der Waals surface area contributed by atoms with Crippen molar-refractivity contribution in [3.05, 3.63) is 30.1 Å². The molecule has 0 atom stereocenters. The van der Waals surface area contributed by atoms with Gasteiger partial charge in [-0.05, 0) is 13.3 Å². The molecule has 0 aromatic carbocycles. The maximum Gasteiger partial charge on any atom is 0.225 e. The van der Waals surface area contributed by atoms with E-state index in [1.165, 1.54) is 0 Å². The van der Waals surface area contributed by atoms with Gasteiger partial charge in [0.05, 0.1) is 0 Å². The second-order valence-corrected chi connectivity index (χ2v) is 5.05. The Balaban J connectivity index is 2.81. The number of aryl methyl sites for hydroxylation is 1. The highest BCUT2D eigenvalue weighted by Gasteiger charge is 2.09. The summed E-state index contributed by atoms with van der Waals surface area (Å²) >= 11 is 0. The Hall–Kier alpha value is -1.42. The van der Waals surface area contributed by atoms with E-state index >= 15 is 0 Å². The zero-order valence-corrected chi connectivity index (χ0v) is 12.6. The van der Waals surface area contributed by atoms with Gasteiger partial charge in [-0.2, -0.15) is 0 Å². The van der Waals surface area contributed by atoms with E-state index < -0.39 is 0 Å². The largest absolute Gasteiger partial charge is 0.337 e. The molecular weight excluding hydrogens is 236 g/mol. The second-order valence-electron chi connectivity index (χ2n) is 5.05. The number of nitrogens with one attached hydrogen (secondary N) is 1. The molecular formula is C15H26N4. The summed E-state index contributed by atoms with van der Waals surface area (Å²) in [5.41, 5.74) is 2.20. The van der Waals surface area contributed by atoms with E-state index in [4.69, 9.17) is 0 Å². The summed E-state index contributed by atoms with van der Waals surface area (Å²) in [6.45, 7) is 14.8. The molecule has 0 aliphatic rings. The third-order valence-corrected chi connectivity index (χ3v) is 2.89. The van der Waals surface area contributed by atoms with Gasteiger partial charge in [0, 0.05) is 43.1 Å². The number of rotatable bonds is 8. The van der Waals surface area contributed by atoms with Gasteiger partial charge in [0.25, 0.3) is 0 Å². The maximum absolute atomic E-state index is 4.62. The van der Waals surface area contributed by atoms with Crippen LogP contribution >= 0.6 is 0 Å². The van der Waals surface area contributed by atoms with Crippen molar-refractivity contribution in [2.45, 2.75) is 46.7 Å². The molecule has 0 fully saturated rings. The van der Waals surface area contributed by atoms with Crippen molar-refractivity contribution in [2.24, 2.45) is 0 Å². The highest BCUT2D eigenvalue weighted by Crippen LogP contribution is 2.12. The van der Waals surface area contributed by atoms with Crippen LogP contribution < -0.4 is 10.2 Å². The Morgan fingerprint density at radius 3 is 2.74 bits per heavy atom. The van der Waals surface area contributed by atoms with Gasteiger partial charge in [0.1, 0.15) is 0 Å². The van der Waals surface area contributed by atoms with Crippen LogP contribution in [0.3, 0.4) is 0 Å². The smallest absolute Gasteiger partial charge is 0.225 e. The molecule has 1 heterocycles. The summed E-state index contributed by atoms with van der Waals surface area (Å²) in [5, 5.41) is 3.39. The topological polar surface area (TPSA) is 41.1 Å². The van der Waals surface area contributed by atoms with Gasteiger partial charge in [-0.3, -0.25) is 0 Å². The van der Waals surface area contributed by atoms with Crippen LogP contribution in [0.1, 0.15) is 38.4 Å². The lowest BCUT2D eigenvalue weighted by Gasteiger charge is -2.21. The molecule has 19 heavy (non-hydrogen) atoms. The second kappa shape index (κ2) is 7.89. The first kappa shape index (κ1) is 15.6. The van der Waals surface area contributed by atoms with Gasteiger partial charge in [-0.15, -0.1) is 6.58 Å². The van der Waals surface area contributed by atoms with Gasteiger partial charge in [-0.25, -0.2) is 9.97 Å². The summed E-state index contributed by atoms with van der Waals surface area (Å²) in [6.07, 6.45) is 4.90. The summed E-state index contributed by atoms with van der Waals surface area (Å²) in [6, 6.07) is 0.469. The lowest BCUT2D eigenvalue weighted by molar-refractivity contribution is 0.584. The quantitative estimate of drug-likeness (QED) is 0.731. The van der Waals surface area contributed by atoms with Crippen molar-refractivity contribution in [3.8, 4) is 0 Å². The third kappa shape index (κ3) is 4.99. The van der Waals surface area contributed by atoms with Crippen molar-refractivity contribution < 1.29 is 0 Å². The number of aromatic nitrogens is 2. The van der Waals surface area contributed by atoms with E-state index in [0.717, 1.165) is 43.3 Å². The minimum Gasteiger partial charge on any atom is -0.337 e. The predicted octanol–water partition coefficient (Wildman–Crippen LogP) is 2.69. The number of nitrogens with zero attached hydrogens (tertiary/aromatic N) is 3. The van der Waals surface area contributed by atoms with Crippen LogP contribution in [-0.4, -0.2) is 29.1 Å². The van der Waals surface area contributed by atoms with Crippen molar-refractivity contribution in [1.82, 2.24) is 15.3 Å². The summed E-state index contributed by atoms with van der Waals surface area (Å²) < 4.78 is 0. The molecule has 0 amide bonds. The average molecular weight is 262 g/mol. The predicted molar refractivity (Wildman–Crippen MR) is 81.4 cm³/mol. The zero-order chi connectivity index (χ0) is 14.3. The molecule has 0 aliphatic carbocycles. The summed E-state index contributed by atoms with van der Waals surface area (Å²) in [5.74, 6) is 0.799. The van der Waals surface area contributed by atoms with E-state index in [1.54, 1.807) is 0 Å². The lowest BCUT2D eigenvalue weighted by atomic mass is 10.2. The summed E-state index contributed by atoms with van der Waals surface area (Å²) in [4.78, 5) is 11.3. The SMILES string of the molecule is C=CCN(CCC)c1ncc(CNC(C)C)c(C)n1. The number of hydrogen-bond acceptors (Lipinski definition) is 4. The van der Waals surface area contributed by atoms with Crippen LogP contribution in [0.25, 0.3) is 0 Å². The van der Waals surface area contributed by atoms with Crippen LogP contribution in [0, 0.1) is 6.92 Å². The lowest BCUT2D eigenvalue weighted by Crippen LogP contribution is -2.27. The molecule has 0 aliphatic heterocycles. The fraction of sp³-hybridized carbons (Fsp3) is 0.600. The van der Waals surface area contributed by atoms with Crippen LogP contribution in [0.4, 0.5) is 5.95 Å². The van der Waals surface area contributed by atoms with Crippen molar-refractivity contribution in [3.63, 3.8) is 0 Å². The first-order chi connectivity index (χ1) is 9.08. The molecule has 0 bridgehead atoms. The van der Waals surface area contributed by atoms with Gasteiger partial charge < -0.3 is 10.2 Å². The Bertz CT molecular complexity index is 401. The Kier molecular flexibility index (Phi) is 6.50. The first-order valence-electron chi connectivity index (χ1n) is 7.00. The van der Waals surface area contributed by atoms with E-state index in [2.05, 4.69) is 47.5 Å². The van der Waals surface area contributed by atoms with Crippen molar-refractivity contribution in [1.29, 1.82) is 0 Å². The maximum atomic E-state index is 4.62. The molecule has 0 spiro atoms. The first-order valence-corrected chi connectivity index (χ1v) is 7.00. The van der Waals surface area contributed by atoms with Crippen LogP contribution in [0.5, 0.6) is 0 Å². The molecule has 1 aromatic heterocycles. The van der Waals surface area contributed by atoms with E-state index in [9.17, 15) is 0 Å². The molecule has 0 saturated carbocycles. The Morgan fingerprint density at radius 2 is 2.21 bits per heavy atom. The zero-order valence-electron chi connectivity index (χ0n) is 12.6. The Morgan fingerprint density at radius 1 is 1.47 bits per heavy atom. The van der Waals surface area contributed by atoms with Crippen molar-refractivity contribution >= 4 is 5.95 Å². The number of hydrogen-bond donors (Lipinski definition) is 1. The third-order valence-electron chi connectivity index (χ3n) is 2.89. The van der Waals surface area contributed by atoms with E-state index in [0.29, 0.717) is 6.04 Å². The van der Waals surface area contributed by atoms with Crippen LogP contribution in [-0.2, 0) is 6.54 Å².